The first-order valence-corrected chi connectivity index (χ1v) is 4.10. The maximum Gasteiger partial charge on any atom is 0.150 e. The summed E-state index contributed by atoms with van der Waals surface area (Å²) in [6.45, 7) is 6.26. The van der Waals surface area contributed by atoms with Crippen LogP contribution in [0.1, 0.15) is 27.2 Å². The van der Waals surface area contributed by atoms with Crippen molar-refractivity contribution in [2.75, 3.05) is 6.54 Å². The Hall–Kier alpha value is -0.410. The van der Waals surface area contributed by atoms with Gasteiger partial charge in [-0.25, -0.2) is 0 Å². The van der Waals surface area contributed by atoms with Gasteiger partial charge in [-0.05, 0) is 0 Å². The lowest BCUT2D eigenvalue weighted by molar-refractivity contribution is -0.120. The number of ketones is 1. The summed E-state index contributed by atoms with van der Waals surface area (Å²) in [5, 5.41) is 3.11. The monoisotopic (exact) mass is 158 g/mol. The lowest BCUT2D eigenvalue weighted by atomic mass is 10.1. The Bertz CT molecular complexity index is 123. The van der Waals surface area contributed by atoms with Crippen LogP contribution in [0.25, 0.3) is 0 Å². The molecule has 0 aromatic rings. The molecule has 66 valence electrons. The first-order chi connectivity index (χ1) is 5.11. The van der Waals surface area contributed by atoms with Gasteiger partial charge < -0.3 is 11.1 Å². The van der Waals surface area contributed by atoms with Crippen molar-refractivity contribution in [3.05, 3.63) is 0 Å². The van der Waals surface area contributed by atoms with E-state index in [1.54, 1.807) is 0 Å². The number of carbonyl (C=O) groups excluding carboxylic acids is 1. The maximum absolute atomic E-state index is 11.1. The molecule has 0 heterocycles. The Kier molecular flexibility index (Phi) is 5.07. The normalized spacial score (nSPS) is 13.5. The molecule has 0 rings (SSSR count). The van der Waals surface area contributed by atoms with Crippen molar-refractivity contribution in [2.24, 2.45) is 5.73 Å². The van der Waals surface area contributed by atoms with Crippen LogP contribution < -0.4 is 11.1 Å². The summed E-state index contributed by atoms with van der Waals surface area (Å²) in [6, 6.07) is 0.166. The first kappa shape index (κ1) is 10.6. The molecule has 3 N–H and O–H groups in total. The number of Topliss-reactive ketones (excluding diaryl/α,β-unsaturated/α-hetero) is 1. The van der Waals surface area contributed by atoms with Crippen LogP contribution in [0.4, 0.5) is 0 Å². The molecule has 11 heavy (non-hydrogen) atoms. The summed E-state index contributed by atoms with van der Waals surface area (Å²) >= 11 is 0. The van der Waals surface area contributed by atoms with E-state index >= 15 is 0 Å². The summed E-state index contributed by atoms with van der Waals surface area (Å²) in [5.74, 6) is 0.196. The molecule has 0 amide bonds. The fourth-order valence-electron chi connectivity index (χ4n) is 0.941. The standard InChI is InChI=1S/C8H18N2O/c1-4-8(11)7(5-9)10-6(2)3/h6-7,10H,4-5,9H2,1-3H3/t7-/m0/s1. The van der Waals surface area contributed by atoms with Gasteiger partial charge in [0.1, 0.15) is 0 Å². The van der Waals surface area contributed by atoms with E-state index in [0.717, 1.165) is 0 Å². The van der Waals surface area contributed by atoms with Crippen molar-refractivity contribution in [1.29, 1.82) is 0 Å². The van der Waals surface area contributed by atoms with E-state index in [2.05, 4.69) is 5.32 Å². The third-order valence-electron chi connectivity index (χ3n) is 1.51. The number of nitrogens with one attached hydrogen (secondary N) is 1. The molecule has 0 saturated heterocycles. The summed E-state index contributed by atoms with van der Waals surface area (Å²) in [5.41, 5.74) is 5.41. The van der Waals surface area contributed by atoms with E-state index in [-0.39, 0.29) is 11.8 Å². The molecule has 0 radical (unpaired) electrons. The maximum atomic E-state index is 11.1. The summed E-state index contributed by atoms with van der Waals surface area (Å²) in [4.78, 5) is 11.1. The molecule has 0 aromatic heterocycles. The number of carbonyl (C=O) groups is 1. The van der Waals surface area contributed by atoms with E-state index in [0.29, 0.717) is 19.0 Å². The zero-order chi connectivity index (χ0) is 8.85. The highest BCUT2D eigenvalue weighted by molar-refractivity contribution is 5.83. The minimum Gasteiger partial charge on any atom is -0.328 e. The first-order valence-electron chi connectivity index (χ1n) is 4.10. The fraction of sp³-hybridized carbons (Fsp3) is 0.875. The molecule has 0 aliphatic carbocycles. The quantitative estimate of drug-likeness (QED) is 0.604. The number of rotatable bonds is 5. The molecule has 0 unspecified atom stereocenters. The molecule has 0 saturated carbocycles. The van der Waals surface area contributed by atoms with Crippen LogP contribution >= 0.6 is 0 Å². The zero-order valence-corrected chi connectivity index (χ0v) is 7.55. The van der Waals surface area contributed by atoms with Gasteiger partial charge in [-0.3, -0.25) is 4.79 Å². The highest BCUT2D eigenvalue weighted by atomic mass is 16.1. The summed E-state index contributed by atoms with van der Waals surface area (Å²) in [7, 11) is 0. The van der Waals surface area contributed by atoms with E-state index < -0.39 is 0 Å². The average molecular weight is 158 g/mol. The summed E-state index contributed by atoms with van der Waals surface area (Å²) < 4.78 is 0. The lowest BCUT2D eigenvalue weighted by Gasteiger charge is -2.17. The summed E-state index contributed by atoms with van der Waals surface area (Å²) in [6.07, 6.45) is 0.557. The molecule has 0 aliphatic rings. The molecule has 0 bridgehead atoms. The number of hydrogen-bond acceptors (Lipinski definition) is 3. The molecule has 0 fully saturated rings. The molecule has 1 atom stereocenters. The SMILES string of the molecule is CCC(=O)[C@H](CN)NC(C)C. The van der Waals surface area contributed by atoms with Gasteiger partial charge in [-0.2, -0.15) is 0 Å². The van der Waals surface area contributed by atoms with E-state index in [1.165, 1.54) is 0 Å². The van der Waals surface area contributed by atoms with Crippen LogP contribution in [0.15, 0.2) is 0 Å². The number of nitrogens with two attached hydrogens (primary N) is 1. The van der Waals surface area contributed by atoms with Crippen molar-refractivity contribution >= 4 is 5.78 Å². The Morgan fingerprint density at radius 3 is 2.36 bits per heavy atom. The van der Waals surface area contributed by atoms with Gasteiger partial charge in [0.25, 0.3) is 0 Å². The van der Waals surface area contributed by atoms with Crippen molar-refractivity contribution in [2.45, 2.75) is 39.3 Å². The Balaban J connectivity index is 3.84. The second kappa shape index (κ2) is 5.27. The molecule has 0 aliphatic heterocycles. The van der Waals surface area contributed by atoms with Gasteiger partial charge in [-0.15, -0.1) is 0 Å². The molecular formula is C8H18N2O. The topological polar surface area (TPSA) is 55.1 Å². The van der Waals surface area contributed by atoms with Crippen molar-refractivity contribution in [3.63, 3.8) is 0 Å². The van der Waals surface area contributed by atoms with E-state index in [4.69, 9.17) is 5.73 Å². The van der Waals surface area contributed by atoms with Gasteiger partial charge in [0, 0.05) is 19.0 Å². The third-order valence-corrected chi connectivity index (χ3v) is 1.51. The van der Waals surface area contributed by atoms with Crippen LogP contribution in [0.3, 0.4) is 0 Å². The van der Waals surface area contributed by atoms with Crippen molar-refractivity contribution < 1.29 is 4.79 Å². The van der Waals surface area contributed by atoms with Gasteiger partial charge in [0.2, 0.25) is 0 Å². The van der Waals surface area contributed by atoms with Gasteiger partial charge in [-0.1, -0.05) is 20.8 Å². The molecular weight excluding hydrogens is 140 g/mol. The predicted molar refractivity (Wildman–Crippen MR) is 46.4 cm³/mol. The van der Waals surface area contributed by atoms with Crippen LogP contribution in [0.2, 0.25) is 0 Å². The second-order valence-electron chi connectivity index (χ2n) is 2.93. The lowest BCUT2D eigenvalue weighted by Crippen LogP contribution is -2.45. The smallest absolute Gasteiger partial charge is 0.150 e. The second-order valence-corrected chi connectivity index (χ2v) is 2.93. The Morgan fingerprint density at radius 1 is 1.55 bits per heavy atom. The van der Waals surface area contributed by atoms with Crippen molar-refractivity contribution in [1.82, 2.24) is 5.32 Å². The minimum absolute atomic E-state index is 0.153. The predicted octanol–water partition coefficient (Wildman–Crippen LogP) is 0.291. The van der Waals surface area contributed by atoms with Gasteiger partial charge >= 0.3 is 0 Å². The number of hydrogen-bond donors (Lipinski definition) is 2. The largest absolute Gasteiger partial charge is 0.328 e. The molecule has 0 spiro atoms. The molecule has 3 nitrogen and oxygen atoms in total. The highest BCUT2D eigenvalue weighted by Crippen LogP contribution is 1.91. The van der Waals surface area contributed by atoms with E-state index in [1.807, 2.05) is 20.8 Å². The minimum atomic E-state index is -0.153. The third kappa shape index (κ3) is 4.11. The van der Waals surface area contributed by atoms with Gasteiger partial charge in [0.05, 0.1) is 6.04 Å². The fourth-order valence-corrected chi connectivity index (χ4v) is 0.941. The molecule has 0 aromatic carbocycles. The van der Waals surface area contributed by atoms with Crippen LogP contribution in [-0.4, -0.2) is 24.4 Å². The Morgan fingerprint density at radius 2 is 2.09 bits per heavy atom. The van der Waals surface area contributed by atoms with Crippen LogP contribution in [0, 0.1) is 0 Å². The van der Waals surface area contributed by atoms with Gasteiger partial charge in [0.15, 0.2) is 5.78 Å². The highest BCUT2D eigenvalue weighted by Gasteiger charge is 2.14. The zero-order valence-electron chi connectivity index (χ0n) is 7.55. The van der Waals surface area contributed by atoms with E-state index in [9.17, 15) is 4.79 Å². The van der Waals surface area contributed by atoms with Crippen molar-refractivity contribution in [3.8, 4) is 0 Å². The van der Waals surface area contributed by atoms with Crippen LogP contribution in [-0.2, 0) is 4.79 Å². The van der Waals surface area contributed by atoms with Crippen LogP contribution in [0.5, 0.6) is 0 Å². The molecule has 3 heteroatoms. The average Bonchev–Trinajstić information content (AvgIpc) is 1.98. The Labute approximate surface area is 68.3 Å².